The topological polar surface area (TPSA) is 40.9 Å². The first kappa shape index (κ1) is 14.6. The molecule has 2 nitrogen and oxygen atoms in total. The molecule has 0 saturated heterocycles. The van der Waals surface area contributed by atoms with Gasteiger partial charge in [-0.15, -0.1) is 0 Å². The fraction of sp³-hybridized carbons (Fsp3) is 0.235. The van der Waals surface area contributed by atoms with E-state index >= 15 is 0 Å². The van der Waals surface area contributed by atoms with Crippen LogP contribution >= 0.6 is 7.14 Å². The zero-order valence-corrected chi connectivity index (χ0v) is 12.7. The van der Waals surface area contributed by atoms with Crippen LogP contribution in [0.4, 0.5) is 0 Å². The van der Waals surface area contributed by atoms with E-state index in [-0.39, 0.29) is 5.92 Å². The van der Waals surface area contributed by atoms with Crippen molar-refractivity contribution in [3.63, 3.8) is 0 Å². The van der Waals surface area contributed by atoms with Gasteiger partial charge >= 0.3 is 0 Å². The Bertz CT molecular complexity index is 650. The lowest BCUT2D eigenvalue weighted by molar-refractivity contribution is 0.580. The average molecular weight is 283 g/mol. The number of hydrogen-bond donors (Lipinski definition) is 0. The zero-order chi connectivity index (χ0) is 14.6. The van der Waals surface area contributed by atoms with Crippen LogP contribution in [0.5, 0.6) is 0 Å². The number of nitrogens with zero attached hydrogens (tertiary/aromatic N) is 1. The molecule has 0 radical (unpaired) electrons. The third-order valence-corrected chi connectivity index (χ3v) is 4.44. The summed E-state index contributed by atoms with van der Waals surface area (Å²) in [5.41, 5.74) is 3.22. The summed E-state index contributed by atoms with van der Waals surface area (Å²) < 4.78 is 11.9. The SMILES string of the molecule is CP(C)(=O)C[C@@H](C#N)c1ccc(-c2ccccc2)cc1. The van der Waals surface area contributed by atoms with Crippen molar-refractivity contribution in [3.05, 3.63) is 60.2 Å². The molecule has 0 aliphatic carbocycles. The summed E-state index contributed by atoms with van der Waals surface area (Å²) in [6.07, 6.45) is 0.439. The molecular weight excluding hydrogens is 265 g/mol. The first-order valence-corrected chi connectivity index (χ1v) is 9.37. The molecule has 2 aromatic carbocycles. The minimum atomic E-state index is -2.20. The van der Waals surface area contributed by atoms with Gasteiger partial charge in [-0.1, -0.05) is 54.6 Å². The van der Waals surface area contributed by atoms with E-state index < -0.39 is 7.14 Å². The first-order chi connectivity index (χ1) is 9.49. The first-order valence-electron chi connectivity index (χ1n) is 6.58. The summed E-state index contributed by atoms with van der Waals surface area (Å²) in [6.45, 7) is 3.46. The summed E-state index contributed by atoms with van der Waals surface area (Å²) in [4.78, 5) is 0. The van der Waals surface area contributed by atoms with E-state index in [4.69, 9.17) is 0 Å². The molecule has 0 heterocycles. The van der Waals surface area contributed by atoms with Crippen LogP contribution in [0, 0.1) is 11.3 Å². The largest absolute Gasteiger partial charge is 0.324 e. The van der Waals surface area contributed by atoms with Crippen molar-refractivity contribution in [2.45, 2.75) is 5.92 Å². The molecule has 0 aliphatic rings. The average Bonchev–Trinajstić information content (AvgIpc) is 2.45. The molecule has 0 saturated carbocycles. The molecule has 102 valence electrons. The molecule has 0 spiro atoms. The Morgan fingerprint density at radius 3 is 2.05 bits per heavy atom. The van der Waals surface area contributed by atoms with E-state index in [1.165, 1.54) is 0 Å². The zero-order valence-electron chi connectivity index (χ0n) is 11.8. The molecule has 1 atom stereocenters. The predicted molar refractivity (Wildman–Crippen MR) is 84.6 cm³/mol. The van der Waals surface area contributed by atoms with E-state index in [0.29, 0.717) is 6.16 Å². The molecule has 0 aliphatic heterocycles. The van der Waals surface area contributed by atoms with Gasteiger partial charge in [-0.3, -0.25) is 0 Å². The maximum absolute atomic E-state index is 11.9. The van der Waals surface area contributed by atoms with Crippen molar-refractivity contribution in [1.82, 2.24) is 0 Å². The van der Waals surface area contributed by atoms with Crippen LogP contribution in [0.3, 0.4) is 0 Å². The number of rotatable bonds is 4. The Morgan fingerprint density at radius 2 is 1.55 bits per heavy atom. The fourth-order valence-corrected chi connectivity index (χ4v) is 3.37. The Kier molecular flexibility index (Phi) is 4.42. The van der Waals surface area contributed by atoms with Crippen molar-refractivity contribution in [1.29, 1.82) is 5.26 Å². The van der Waals surface area contributed by atoms with E-state index in [2.05, 4.69) is 18.2 Å². The van der Waals surface area contributed by atoms with Gasteiger partial charge in [0.05, 0.1) is 19.1 Å². The summed E-state index contributed by atoms with van der Waals surface area (Å²) >= 11 is 0. The summed E-state index contributed by atoms with van der Waals surface area (Å²) in [5, 5.41) is 9.26. The van der Waals surface area contributed by atoms with Crippen molar-refractivity contribution in [2.24, 2.45) is 0 Å². The van der Waals surface area contributed by atoms with Crippen LogP contribution in [0.25, 0.3) is 11.1 Å². The highest BCUT2D eigenvalue weighted by Crippen LogP contribution is 2.41. The van der Waals surface area contributed by atoms with E-state index in [1.54, 1.807) is 13.3 Å². The maximum atomic E-state index is 11.9. The molecular formula is C17H18NOP. The van der Waals surface area contributed by atoms with Crippen LogP contribution in [0.15, 0.2) is 54.6 Å². The molecule has 0 unspecified atom stereocenters. The van der Waals surface area contributed by atoms with Gasteiger partial charge in [-0.2, -0.15) is 5.26 Å². The normalized spacial score (nSPS) is 12.7. The summed E-state index contributed by atoms with van der Waals surface area (Å²) in [6, 6.07) is 20.3. The van der Waals surface area contributed by atoms with Crippen LogP contribution in [-0.4, -0.2) is 19.5 Å². The standard InChI is InChI=1S/C17H18NOP/c1-20(2,19)13-17(12-18)16-10-8-15(9-11-16)14-6-4-3-5-7-14/h3-11,17H,13H2,1-2H3/t17-/m1/s1. The van der Waals surface area contributed by atoms with Crippen LogP contribution in [-0.2, 0) is 4.57 Å². The highest BCUT2D eigenvalue weighted by Gasteiger charge is 2.18. The van der Waals surface area contributed by atoms with Crippen molar-refractivity contribution in [2.75, 3.05) is 19.5 Å². The van der Waals surface area contributed by atoms with Crippen molar-refractivity contribution in [3.8, 4) is 17.2 Å². The van der Waals surface area contributed by atoms with E-state index in [1.807, 2.05) is 42.5 Å². The predicted octanol–water partition coefficient (Wildman–Crippen LogP) is 4.58. The second kappa shape index (κ2) is 6.07. The lowest BCUT2D eigenvalue weighted by Crippen LogP contribution is -2.02. The Hall–Kier alpha value is -1.84. The second-order valence-electron chi connectivity index (χ2n) is 5.43. The molecule has 0 bridgehead atoms. The lowest BCUT2D eigenvalue weighted by atomic mass is 9.98. The van der Waals surface area contributed by atoms with E-state index in [0.717, 1.165) is 16.7 Å². The molecule has 2 aromatic rings. The van der Waals surface area contributed by atoms with Crippen LogP contribution in [0.2, 0.25) is 0 Å². The lowest BCUT2D eigenvalue weighted by Gasteiger charge is -2.13. The van der Waals surface area contributed by atoms with Crippen LogP contribution in [0.1, 0.15) is 11.5 Å². The molecule has 20 heavy (non-hydrogen) atoms. The summed E-state index contributed by atoms with van der Waals surface area (Å²) in [7, 11) is -2.20. The summed E-state index contributed by atoms with van der Waals surface area (Å²) in [5.74, 6) is -0.291. The molecule has 3 heteroatoms. The van der Waals surface area contributed by atoms with Gasteiger partial charge in [0.15, 0.2) is 0 Å². The number of benzene rings is 2. The van der Waals surface area contributed by atoms with Crippen molar-refractivity contribution >= 4 is 7.14 Å². The Balaban J connectivity index is 2.24. The van der Waals surface area contributed by atoms with E-state index in [9.17, 15) is 9.83 Å². The molecule has 0 N–H and O–H groups in total. The third kappa shape index (κ3) is 3.83. The number of nitriles is 1. The van der Waals surface area contributed by atoms with Gasteiger partial charge in [-0.25, -0.2) is 0 Å². The Morgan fingerprint density at radius 1 is 1.00 bits per heavy atom. The highest BCUT2D eigenvalue weighted by atomic mass is 31.2. The maximum Gasteiger partial charge on any atom is 0.0835 e. The minimum absolute atomic E-state index is 0.291. The molecule has 0 amide bonds. The van der Waals surface area contributed by atoms with Gasteiger partial charge in [-0.05, 0) is 30.0 Å². The van der Waals surface area contributed by atoms with Gasteiger partial charge in [0, 0.05) is 6.16 Å². The highest BCUT2D eigenvalue weighted by molar-refractivity contribution is 7.62. The smallest absolute Gasteiger partial charge is 0.0835 e. The molecule has 2 rings (SSSR count). The van der Waals surface area contributed by atoms with Gasteiger partial charge in [0.25, 0.3) is 0 Å². The second-order valence-corrected chi connectivity index (χ2v) is 8.94. The fourth-order valence-electron chi connectivity index (χ4n) is 2.20. The molecule has 0 fully saturated rings. The van der Waals surface area contributed by atoms with Gasteiger partial charge in [0.1, 0.15) is 0 Å². The van der Waals surface area contributed by atoms with Crippen LogP contribution < -0.4 is 0 Å². The molecule has 0 aromatic heterocycles. The van der Waals surface area contributed by atoms with Gasteiger partial charge < -0.3 is 4.57 Å². The minimum Gasteiger partial charge on any atom is -0.324 e. The monoisotopic (exact) mass is 283 g/mol. The number of hydrogen-bond acceptors (Lipinski definition) is 2. The van der Waals surface area contributed by atoms with Crippen molar-refractivity contribution < 1.29 is 4.57 Å². The quantitative estimate of drug-likeness (QED) is 0.770. The Labute approximate surface area is 120 Å². The van der Waals surface area contributed by atoms with Gasteiger partial charge in [0.2, 0.25) is 0 Å². The third-order valence-electron chi connectivity index (χ3n) is 3.20.